The summed E-state index contributed by atoms with van der Waals surface area (Å²) in [6.07, 6.45) is 0.449. The zero-order chi connectivity index (χ0) is 20.4. The van der Waals surface area contributed by atoms with Crippen LogP contribution in [0.5, 0.6) is 11.5 Å². The zero-order valence-corrected chi connectivity index (χ0v) is 15.2. The molecule has 4 N–H and O–H groups in total. The molecule has 2 heterocycles. The molecule has 0 radical (unpaired) electrons. The van der Waals surface area contributed by atoms with Crippen molar-refractivity contribution in [3.8, 4) is 17.2 Å². The topological polar surface area (TPSA) is 134 Å². The number of aromatic hydroxyl groups is 1. The monoisotopic (exact) mass is 392 g/mol. The third kappa shape index (κ3) is 3.23. The standard InChI is InChI=1S/C19H16N6O4/c1-29-14-9-5-3-7-12(14)25-17-15(22-19(25)28)16(20-10-26)23-18(24-17)21-11-6-2-4-8-13(11)27/h2-10,27H,1H3,(H,22,28)(H2,20,21,23,24,26). The van der Waals surface area contributed by atoms with E-state index in [2.05, 4.69) is 25.6 Å². The Bertz CT molecular complexity index is 1260. The summed E-state index contributed by atoms with van der Waals surface area (Å²) in [5.74, 6) is 0.645. The molecule has 1 amide bonds. The highest BCUT2D eigenvalue weighted by atomic mass is 16.5. The number of aromatic nitrogens is 4. The van der Waals surface area contributed by atoms with Gasteiger partial charge in [0, 0.05) is 0 Å². The van der Waals surface area contributed by atoms with Crippen LogP contribution in [0.15, 0.2) is 53.3 Å². The molecule has 2 aromatic heterocycles. The van der Waals surface area contributed by atoms with Crippen LogP contribution in [-0.2, 0) is 4.79 Å². The molecular weight excluding hydrogens is 376 g/mol. The van der Waals surface area contributed by atoms with Crippen molar-refractivity contribution in [1.82, 2.24) is 19.5 Å². The molecule has 10 heteroatoms. The number of nitrogens with zero attached hydrogens (tertiary/aromatic N) is 3. The second kappa shape index (κ2) is 7.35. The minimum atomic E-state index is -0.479. The van der Waals surface area contributed by atoms with E-state index >= 15 is 0 Å². The van der Waals surface area contributed by atoms with Crippen molar-refractivity contribution < 1.29 is 14.6 Å². The van der Waals surface area contributed by atoms with Crippen LogP contribution in [0.4, 0.5) is 17.5 Å². The fourth-order valence-corrected chi connectivity index (χ4v) is 2.94. The lowest BCUT2D eigenvalue weighted by Gasteiger charge is -2.11. The molecule has 4 rings (SSSR count). The summed E-state index contributed by atoms with van der Waals surface area (Å²) in [5.41, 5.74) is 0.821. The van der Waals surface area contributed by atoms with Gasteiger partial charge in [0.1, 0.15) is 17.0 Å². The number of rotatable bonds is 6. The average molecular weight is 392 g/mol. The van der Waals surface area contributed by atoms with Gasteiger partial charge in [-0.25, -0.2) is 9.36 Å². The third-order valence-electron chi connectivity index (χ3n) is 4.21. The van der Waals surface area contributed by atoms with Gasteiger partial charge >= 0.3 is 5.69 Å². The summed E-state index contributed by atoms with van der Waals surface area (Å²) in [7, 11) is 1.50. The Balaban J connectivity index is 1.95. The van der Waals surface area contributed by atoms with Gasteiger partial charge in [-0.15, -0.1) is 0 Å². The molecule has 29 heavy (non-hydrogen) atoms. The van der Waals surface area contributed by atoms with E-state index < -0.39 is 5.69 Å². The number of carbonyl (C=O) groups excluding carboxylic acids is 1. The Morgan fingerprint density at radius 3 is 2.66 bits per heavy atom. The highest BCUT2D eigenvalue weighted by Crippen LogP contribution is 2.29. The molecule has 10 nitrogen and oxygen atoms in total. The van der Waals surface area contributed by atoms with E-state index in [0.717, 1.165) is 0 Å². The number of anilines is 3. The maximum atomic E-state index is 12.7. The first-order chi connectivity index (χ1) is 14.1. The lowest BCUT2D eigenvalue weighted by molar-refractivity contribution is -0.105. The summed E-state index contributed by atoms with van der Waals surface area (Å²) in [6.45, 7) is 0. The maximum Gasteiger partial charge on any atom is 0.332 e. The molecule has 0 aliphatic carbocycles. The number of methoxy groups -OCH3 is 1. The number of hydrogen-bond donors (Lipinski definition) is 4. The molecule has 146 valence electrons. The first-order valence-electron chi connectivity index (χ1n) is 8.53. The van der Waals surface area contributed by atoms with Gasteiger partial charge in [-0.05, 0) is 24.3 Å². The lowest BCUT2D eigenvalue weighted by atomic mass is 10.3. The van der Waals surface area contributed by atoms with E-state index in [9.17, 15) is 14.7 Å². The maximum absolute atomic E-state index is 12.7. The van der Waals surface area contributed by atoms with Gasteiger partial charge in [-0.2, -0.15) is 9.97 Å². The number of aromatic amines is 1. The summed E-state index contributed by atoms with van der Waals surface area (Å²) in [6, 6.07) is 13.5. The van der Waals surface area contributed by atoms with Gasteiger partial charge in [-0.1, -0.05) is 24.3 Å². The second-order valence-corrected chi connectivity index (χ2v) is 5.94. The number of ether oxygens (including phenoxy) is 1. The highest BCUT2D eigenvalue weighted by Gasteiger charge is 2.19. The van der Waals surface area contributed by atoms with Gasteiger partial charge in [0.2, 0.25) is 12.4 Å². The Kier molecular flexibility index (Phi) is 4.57. The number of benzene rings is 2. The number of phenols is 1. The third-order valence-corrected chi connectivity index (χ3v) is 4.21. The molecule has 0 saturated carbocycles. The van der Waals surface area contributed by atoms with E-state index in [1.165, 1.54) is 17.7 Å². The molecule has 0 bridgehead atoms. The Morgan fingerprint density at radius 2 is 1.90 bits per heavy atom. The average Bonchev–Trinajstić information content (AvgIpc) is 3.06. The predicted molar refractivity (Wildman–Crippen MR) is 107 cm³/mol. The van der Waals surface area contributed by atoms with Crippen LogP contribution in [-0.4, -0.2) is 38.1 Å². The van der Waals surface area contributed by atoms with Crippen LogP contribution in [0.25, 0.3) is 16.9 Å². The van der Waals surface area contributed by atoms with E-state index in [1.807, 2.05) is 0 Å². The van der Waals surface area contributed by atoms with E-state index in [-0.39, 0.29) is 28.7 Å². The van der Waals surface area contributed by atoms with Gasteiger partial charge < -0.3 is 25.5 Å². The number of hydrogen-bond acceptors (Lipinski definition) is 7. The van der Waals surface area contributed by atoms with Gasteiger partial charge in [0.05, 0.1) is 18.5 Å². The van der Waals surface area contributed by atoms with Crippen molar-refractivity contribution in [3.05, 3.63) is 59.0 Å². The van der Waals surface area contributed by atoms with Gasteiger partial charge in [0.25, 0.3) is 0 Å². The molecule has 0 saturated heterocycles. The molecule has 0 aliphatic rings. The van der Waals surface area contributed by atoms with Crippen LogP contribution < -0.4 is 21.1 Å². The van der Waals surface area contributed by atoms with E-state index in [4.69, 9.17) is 4.74 Å². The van der Waals surface area contributed by atoms with Crippen molar-refractivity contribution in [2.75, 3.05) is 17.7 Å². The fourth-order valence-electron chi connectivity index (χ4n) is 2.94. The molecule has 0 aliphatic heterocycles. The molecule has 0 unspecified atom stereocenters. The zero-order valence-electron chi connectivity index (χ0n) is 15.2. The number of carbonyl (C=O) groups is 1. The van der Waals surface area contributed by atoms with Crippen molar-refractivity contribution in [1.29, 1.82) is 0 Å². The molecule has 0 fully saturated rings. The van der Waals surface area contributed by atoms with E-state index in [0.29, 0.717) is 23.5 Å². The van der Waals surface area contributed by atoms with Crippen LogP contribution in [0.1, 0.15) is 0 Å². The molecular formula is C19H16N6O4. The fraction of sp³-hybridized carbons (Fsp3) is 0.0526. The number of amides is 1. The van der Waals surface area contributed by atoms with Crippen LogP contribution in [0.3, 0.4) is 0 Å². The predicted octanol–water partition coefficient (Wildman–Crippen LogP) is 2.13. The molecule has 0 spiro atoms. The van der Waals surface area contributed by atoms with Crippen LogP contribution >= 0.6 is 0 Å². The molecule has 0 atom stereocenters. The second-order valence-electron chi connectivity index (χ2n) is 5.94. The van der Waals surface area contributed by atoms with E-state index in [1.54, 1.807) is 42.5 Å². The number of nitrogens with one attached hydrogen (secondary N) is 3. The molecule has 2 aromatic carbocycles. The quantitative estimate of drug-likeness (QED) is 0.292. The first-order valence-corrected chi connectivity index (χ1v) is 8.53. The largest absolute Gasteiger partial charge is 0.506 e. The summed E-state index contributed by atoms with van der Waals surface area (Å²) >= 11 is 0. The smallest absolute Gasteiger partial charge is 0.332 e. The SMILES string of the molecule is COc1ccccc1-n1c(=O)[nH]c2c(NC=O)nc(Nc3ccccc3O)nc21. The summed E-state index contributed by atoms with van der Waals surface area (Å²) in [4.78, 5) is 35.1. The Morgan fingerprint density at radius 1 is 1.14 bits per heavy atom. The lowest BCUT2D eigenvalue weighted by Crippen LogP contribution is -2.15. The highest BCUT2D eigenvalue weighted by molar-refractivity contribution is 5.90. The number of fused-ring (bicyclic) bond motifs is 1. The van der Waals surface area contributed by atoms with Gasteiger partial charge in [0.15, 0.2) is 11.5 Å². The van der Waals surface area contributed by atoms with Crippen molar-refractivity contribution in [2.45, 2.75) is 0 Å². The number of phenolic OH excluding ortho intramolecular Hbond substituents is 1. The summed E-state index contributed by atoms with van der Waals surface area (Å²) < 4.78 is 6.68. The van der Waals surface area contributed by atoms with Crippen molar-refractivity contribution >= 4 is 35.0 Å². The summed E-state index contributed by atoms with van der Waals surface area (Å²) in [5, 5.41) is 15.3. The van der Waals surface area contributed by atoms with Crippen LogP contribution in [0, 0.1) is 0 Å². The number of H-pyrrole nitrogens is 1. The normalized spacial score (nSPS) is 10.7. The van der Waals surface area contributed by atoms with Crippen molar-refractivity contribution in [2.24, 2.45) is 0 Å². The molecule has 4 aromatic rings. The van der Waals surface area contributed by atoms with Crippen molar-refractivity contribution in [3.63, 3.8) is 0 Å². The number of para-hydroxylation sites is 4. The Hall–Kier alpha value is -4.34. The van der Waals surface area contributed by atoms with Gasteiger partial charge in [-0.3, -0.25) is 4.79 Å². The number of imidazole rings is 1. The minimum Gasteiger partial charge on any atom is -0.506 e. The minimum absolute atomic E-state index is 0.00252. The van der Waals surface area contributed by atoms with Crippen LogP contribution in [0.2, 0.25) is 0 Å². The first kappa shape index (κ1) is 18.0. The Labute approximate surface area is 163 Å².